The third-order valence-electron chi connectivity index (χ3n) is 9.65. The highest BCUT2D eigenvalue weighted by Crippen LogP contribution is 2.47. The zero-order valence-corrected chi connectivity index (χ0v) is 32.4. The van der Waals surface area contributed by atoms with Gasteiger partial charge in [-0.25, -0.2) is 14.0 Å². The van der Waals surface area contributed by atoms with Gasteiger partial charge in [-0.3, -0.25) is 24.0 Å². The number of halogens is 1. The van der Waals surface area contributed by atoms with E-state index >= 15 is 0 Å². The predicted octanol–water partition coefficient (Wildman–Crippen LogP) is 3.71. The van der Waals surface area contributed by atoms with Crippen molar-refractivity contribution in [3.05, 3.63) is 101 Å². The number of hydrogen-bond donors (Lipinski definition) is 3. The van der Waals surface area contributed by atoms with Gasteiger partial charge in [0.15, 0.2) is 18.3 Å². The third kappa shape index (κ3) is 9.84. The number of carbonyl (C=O) groups is 7. The summed E-state index contributed by atoms with van der Waals surface area (Å²) in [6.07, 6.45) is -7.57. The van der Waals surface area contributed by atoms with E-state index in [9.17, 15) is 43.1 Å². The molecule has 0 spiro atoms. The Kier molecular flexibility index (Phi) is 13.1. The maximum atomic E-state index is 13.8. The van der Waals surface area contributed by atoms with Crippen LogP contribution in [0.5, 0.6) is 5.75 Å². The van der Waals surface area contributed by atoms with Crippen molar-refractivity contribution in [1.29, 1.82) is 0 Å². The maximum Gasteiger partial charge on any atom is 0.382 e. The Balaban J connectivity index is 1.53. The van der Waals surface area contributed by atoms with Crippen molar-refractivity contribution in [2.75, 3.05) is 0 Å². The van der Waals surface area contributed by atoms with E-state index in [1.807, 2.05) is 0 Å². The highest BCUT2D eigenvalue weighted by atomic mass is 19.1. The van der Waals surface area contributed by atoms with E-state index in [4.69, 9.17) is 33.5 Å². The Morgan fingerprint density at radius 2 is 1.36 bits per heavy atom. The first-order chi connectivity index (χ1) is 27.8. The molecular formula is C42H40FNO15. The molecule has 5 rings (SSSR count). The van der Waals surface area contributed by atoms with Gasteiger partial charge in [0.1, 0.15) is 23.2 Å². The molecule has 2 fully saturated rings. The summed E-state index contributed by atoms with van der Waals surface area (Å²) in [6, 6.07) is 18.1. The molecule has 3 N–H and O–H groups in total. The summed E-state index contributed by atoms with van der Waals surface area (Å²) < 4.78 is 47.4. The smallest absolute Gasteiger partial charge is 0.382 e. The second-order valence-corrected chi connectivity index (χ2v) is 13.9. The third-order valence-corrected chi connectivity index (χ3v) is 9.65. The zero-order valence-electron chi connectivity index (χ0n) is 32.4. The number of β-lactam (4-membered cyclic amide) rings is 1. The van der Waals surface area contributed by atoms with Crippen molar-refractivity contribution in [1.82, 2.24) is 5.32 Å². The van der Waals surface area contributed by atoms with E-state index in [1.54, 1.807) is 36.4 Å². The number of hydrogen-bond acceptors (Lipinski definition) is 13. The molecule has 2 heterocycles. The zero-order chi connectivity index (χ0) is 43.2. The van der Waals surface area contributed by atoms with E-state index < -0.39 is 89.4 Å². The van der Waals surface area contributed by atoms with Crippen LogP contribution < -0.4 is 10.1 Å². The molecule has 0 bridgehead atoms. The number of nitrogens with one attached hydrogen (secondary N) is 1. The SMILES string of the molecule is CC(=O)O[C@H]1[C@H](OC(C)=O)[C@@H](OC(C)=O)[C@](C)(Oc2ccc([C@]3(c4ccc(C#CC(=O)O)cc4)NC(=O)[C@@H]3CC[C@H](OC(C)=O)c3ccc(F)cc3)cc2)O[C@@H]1C(=O)O. The summed E-state index contributed by atoms with van der Waals surface area (Å²) in [7, 11) is 0. The van der Waals surface area contributed by atoms with Gasteiger partial charge in [0.2, 0.25) is 17.8 Å². The van der Waals surface area contributed by atoms with Crippen molar-refractivity contribution in [3.63, 3.8) is 0 Å². The molecule has 0 radical (unpaired) electrons. The topological polar surface area (TPSA) is 227 Å². The van der Waals surface area contributed by atoms with Crippen molar-refractivity contribution >= 4 is 41.7 Å². The number of amides is 1. The molecule has 0 aromatic heterocycles. The molecule has 2 aliphatic heterocycles. The number of rotatable bonds is 13. The molecule has 3 aromatic rings. The lowest BCUT2D eigenvalue weighted by atomic mass is 9.64. The van der Waals surface area contributed by atoms with Gasteiger partial charge in [0, 0.05) is 46.1 Å². The quantitative estimate of drug-likeness (QED) is 0.0967. The lowest BCUT2D eigenvalue weighted by Crippen LogP contribution is -2.69. The van der Waals surface area contributed by atoms with Gasteiger partial charge in [-0.2, -0.15) is 0 Å². The molecule has 1 amide bonds. The number of carbonyl (C=O) groups excluding carboxylic acids is 5. The van der Waals surface area contributed by atoms with Gasteiger partial charge in [0.25, 0.3) is 0 Å². The van der Waals surface area contributed by atoms with Crippen molar-refractivity contribution in [2.24, 2.45) is 5.92 Å². The largest absolute Gasteiger partial charge is 0.479 e. The van der Waals surface area contributed by atoms with Gasteiger partial charge in [-0.1, -0.05) is 42.3 Å². The number of ether oxygens (including phenoxy) is 6. The molecule has 0 aliphatic carbocycles. The Morgan fingerprint density at radius 1 is 0.797 bits per heavy atom. The predicted molar refractivity (Wildman–Crippen MR) is 198 cm³/mol. The van der Waals surface area contributed by atoms with Crippen LogP contribution in [0.25, 0.3) is 0 Å². The first-order valence-corrected chi connectivity index (χ1v) is 18.1. The number of benzene rings is 3. The average Bonchev–Trinajstić information content (AvgIpc) is 3.15. The van der Waals surface area contributed by atoms with Crippen LogP contribution in [0, 0.1) is 23.6 Å². The van der Waals surface area contributed by atoms with E-state index in [0.29, 0.717) is 22.3 Å². The van der Waals surface area contributed by atoms with Gasteiger partial charge in [-0.05, 0) is 65.9 Å². The lowest BCUT2D eigenvalue weighted by molar-refractivity contribution is -0.326. The average molecular weight is 818 g/mol. The molecule has 17 heteroatoms. The first-order valence-electron chi connectivity index (χ1n) is 18.1. The van der Waals surface area contributed by atoms with Gasteiger partial charge < -0.3 is 44.0 Å². The molecular weight excluding hydrogens is 777 g/mol. The second-order valence-electron chi connectivity index (χ2n) is 13.9. The van der Waals surface area contributed by atoms with Crippen molar-refractivity contribution < 1.29 is 76.6 Å². The van der Waals surface area contributed by atoms with Crippen molar-refractivity contribution in [3.8, 4) is 17.6 Å². The number of carboxylic acids is 2. The summed E-state index contributed by atoms with van der Waals surface area (Å²) in [5.74, 6) is -5.40. The van der Waals surface area contributed by atoms with E-state index in [0.717, 1.165) is 20.8 Å². The Hall–Kier alpha value is -6.80. The number of aliphatic carboxylic acids is 2. The molecule has 8 atom stereocenters. The highest BCUT2D eigenvalue weighted by Gasteiger charge is 2.61. The fourth-order valence-electron chi connectivity index (χ4n) is 7.30. The molecule has 2 aliphatic rings. The molecule has 59 heavy (non-hydrogen) atoms. The standard InChI is InChI=1S/C42H40FNO15/c1-22(45)54-33(27-9-15-30(43)16-10-27)20-19-32-39(51)44-42(32,28-11-6-26(7-12-28)8-21-34(49)50)29-13-17-31(18-14-29)58-41(5)38(57-25(4)48)36(56-24(3)47)35(55-23(2)46)37(59-41)40(52)53/h6-7,9-18,32-33,35-38H,19-20H2,1-5H3,(H,44,51)(H,49,50)(H,52,53)/t32-,33-,35-,36-,37-,38+,41+,42-/m0/s1. The van der Waals surface area contributed by atoms with Crippen LogP contribution >= 0.6 is 0 Å². The Bertz CT molecular complexity index is 2180. The molecule has 2 saturated heterocycles. The van der Waals surface area contributed by atoms with E-state index in [2.05, 4.69) is 17.2 Å². The molecule has 310 valence electrons. The second kappa shape index (κ2) is 17.8. The normalized spacial score (nSPS) is 25.0. The summed E-state index contributed by atoms with van der Waals surface area (Å²) in [5, 5.41) is 22.1. The minimum atomic E-state index is -2.17. The van der Waals surface area contributed by atoms with E-state index in [1.165, 1.54) is 50.2 Å². The lowest BCUT2D eigenvalue weighted by Gasteiger charge is -2.51. The summed E-state index contributed by atoms with van der Waals surface area (Å²) in [5.41, 5.74) is 0.766. The number of esters is 4. The highest BCUT2D eigenvalue weighted by molar-refractivity contribution is 5.90. The van der Waals surface area contributed by atoms with Gasteiger partial charge >= 0.3 is 35.8 Å². The van der Waals surface area contributed by atoms with Crippen molar-refractivity contribution in [2.45, 2.75) is 89.3 Å². The first kappa shape index (κ1) is 43.3. The fourth-order valence-corrected chi connectivity index (χ4v) is 7.30. The van der Waals surface area contributed by atoms with Gasteiger partial charge in [-0.15, -0.1) is 0 Å². The van der Waals surface area contributed by atoms with Crippen LogP contribution in [0.3, 0.4) is 0 Å². The minimum Gasteiger partial charge on any atom is -0.479 e. The maximum absolute atomic E-state index is 13.8. The fraction of sp³-hybridized carbons (Fsp3) is 0.357. The van der Waals surface area contributed by atoms with Crippen LogP contribution in [-0.4, -0.2) is 82.1 Å². The monoisotopic (exact) mass is 817 g/mol. The Labute approximate surface area is 336 Å². The van der Waals surface area contributed by atoms with Crippen LogP contribution in [0.4, 0.5) is 4.39 Å². The van der Waals surface area contributed by atoms with Crippen LogP contribution in [0.15, 0.2) is 72.8 Å². The number of carboxylic acid groups (broad SMARTS) is 2. The van der Waals surface area contributed by atoms with Gasteiger partial charge in [0.05, 0.1) is 5.92 Å². The molecule has 0 unspecified atom stereocenters. The molecule has 3 aromatic carbocycles. The van der Waals surface area contributed by atoms with Crippen LogP contribution in [0.1, 0.15) is 75.8 Å². The molecule has 0 saturated carbocycles. The van der Waals surface area contributed by atoms with E-state index in [-0.39, 0.29) is 24.5 Å². The van der Waals surface area contributed by atoms with Crippen LogP contribution in [0.2, 0.25) is 0 Å². The summed E-state index contributed by atoms with van der Waals surface area (Å²) in [4.78, 5) is 85.6. The minimum absolute atomic E-state index is 0.0351. The Morgan fingerprint density at radius 3 is 1.86 bits per heavy atom. The summed E-state index contributed by atoms with van der Waals surface area (Å²) >= 11 is 0. The molecule has 16 nitrogen and oxygen atoms in total. The van der Waals surface area contributed by atoms with Crippen LogP contribution in [-0.2, 0) is 62.8 Å². The summed E-state index contributed by atoms with van der Waals surface area (Å²) in [6.45, 7) is 5.57.